The van der Waals surface area contributed by atoms with Gasteiger partial charge in [-0.05, 0) is 43.1 Å². The number of rotatable bonds is 10. The Labute approximate surface area is 203 Å². The Morgan fingerprint density at radius 2 is 1.74 bits per heavy atom. The van der Waals surface area contributed by atoms with Crippen molar-refractivity contribution in [2.24, 2.45) is 14.1 Å². The van der Waals surface area contributed by atoms with Crippen LogP contribution in [0.25, 0.3) is 11.2 Å². The molecule has 35 heavy (non-hydrogen) atoms. The number of aliphatic hydroxyl groups excluding tert-OH is 1. The van der Waals surface area contributed by atoms with Crippen molar-refractivity contribution < 1.29 is 9.84 Å². The van der Waals surface area contributed by atoms with Crippen molar-refractivity contribution >= 4 is 11.2 Å². The zero-order chi connectivity index (χ0) is 24.9. The zero-order valence-electron chi connectivity index (χ0n) is 20.2. The van der Waals surface area contributed by atoms with E-state index in [0.717, 1.165) is 27.9 Å². The lowest BCUT2D eigenvalue weighted by Crippen LogP contribution is -2.37. The highest BCUT2D eigenvalue weighted by atomic mass is 16.5. The van der Waals surface area contributed by atoms with Crippen LogP contribution in [-0.4, -0.2) is 36.4 Å². The lowest BCUT2D eigenvalue weighted by atomic mass is 10.0. The van der Waals surface area contributed by atoms with E-state index < -0.39 is 11.8 Å². The topological polar surface area (TPSA) is 103 Å². The van der Waals surface area contributed by atoms with Gasteiger partial charge in [-0.1, -0.05) is 42.5 Å². The summed E-state index contributed by atoms with van der Waals surface area (Å²) in [6.07, 6.45) is 1.64. The fourth-order valence-electron chi connectivity index (χ4n) is 4.05. The van der Waals surface area contributed by atoms with Crippen LogP contribution in [0.4, 0.5) is 0 Å². The van der Waals surface area contributed by atoms with Crippen molar-refractivity contribution in [2.45, 2.75) is 38.6 Å². The van der Waals surface area contributed by atoms with E-state index in [0.29, 0.717) is 30.9 Å². The fourth-order valence-corrected chi connectivity index (χ4v) is 4.05. The molecule has 0 saturated carbocycles. The summed E-state index contributed by atoms with van der Waals surface area (Å²) in [5, 5.41) is 14.1. The normalized spacial score (nSPS) is 13.1. The molecule has 2 atom stereocenters. The third-order valence-electron chi connectivity index (χ3n) is 6.20. The van der Waals surface area contributed by atoms with E-state index in [2.05, 4.69) is 10.3 Å². The molecule has 2 heterocycles. The van der Waals surface area contributed by atoms with Crippen molar-refractivity contribution in [1.82, 2.24) is 24.0 Å². The molecule has 0 aliphatic heterocycles. The fraction of sp³-hybridized carbons (Fsp3) is 0.346. The summed E-state index contributed by atoms with van der Waals surface area (Å²) in [6, 6.07) is 17.3. The van der Waals surface area contributed by atoms with E-state index >= 15 is 0 Å². The Morgan fingerprint density at radius 1 is 1.03 bits per heavy atom. The maximum Gasteiger partial charge on any atom is 0.332 e. The molecule has 9 heteroatoms. The number of hydrogen-bond donors (Lipinski definition) is 2. The number of hydrogen-bond acceptors (Lipinski definition) is 6. The van der Waals surface area contributed by atoms with Gasteiger partial charge in [0.25, 0.3) is 5.56 Å². The molecule has 0 saturated heterocycles. The Hall–Kier alpha value is -3.69. The maximum absolute atomic E-state index is 12.5. The summed E-state index contributed by atoms with van der Waals surface area (Å²) >= 11 is 0. The number of benzene rings is 2. The van der Waals surface area contributed by atoms with Crippen molar-refractivity contribution in [3.8, 4) is 5.75 Å². The lowest BCUT2D eigenvalue weighted by Gasteiger charge is -2.21. The zero-order valence-corrected chi connectivity index (χ0v) is 20.2. The maximum atomic E-state index is 12.5. The van der Waals surface area contributed by atoms with E-state index in [1.54, 1.807) is 17.9 Å². The summed E-state index contributed by atoms with van der Waals surface area (Å²) < 4.78 is 10.1. The standard InChI is InChI=1S/C26H31N5O4/c1-18(23(32)20-10-12-21(13-11-20)35-16-19-8-5-4-6-9-19)27-14-7-15-31-17-28-24-22(31)25(33)30(3)26(34)29(24)2/h4-6,8-13,17-18,23,27,32H,7,14-16H2,1-3H3. The highest BCUT2D eigenvalue weighted by Crippen LogP contribution is 2.21. The lowest BCUT2D eigenvalue weighted by molar-refractivity contribution is 0.136. The van der Waals surface area contributed by atoms with Crippen LogP contribution in [0.1, 0.15) is 30.6 Å². The number of ether oxygens (including phenoxy) is 1. The van der Waals surface area contributed by atoms with Gasteiger partial charge in [-0.15, -0.1) is 0 Å². The minimum Gasteiger partial charge on any atom is -0.489 e. The van der Waals surface area contributed by atoms with Gasteiger partial charge >= 0.3 is 5.69 Å². The molecule has 4 rings (SSSR count). The largest absolute Gasteiger partial charge is 0.489 e. The molecule has 0 amide bonds. The van der Waals surface area contributed by atoms with Crippen molar-refractivity contribution in [2.75, 3.05) is 6.54 Å². The molecular weight excluding hydrogens is 446 g/mol. The molecule has 2 N–H and O–H groups in total. The molecule has 4 aromatic rings. The minimum atomic E-state index is -0.672. The number of aryl methyl sites for hydroxylation is 2. The van der Waals surface area contributed by atoms with Crippen molar-refractivity contribution in [3.63, 3.8) is 0 Å². The van der Waals surface area contributed by atoms with Gasteiger partial charge in [-0.25, -0.2) is 9.78 Å². The third kappa shape index (κ3) is 5.36. The highest BCUT2D eigenvalue weighted by molar-refractivity contribution is 5.69. The molecule has 2 unspecified atom stereocenters. The van der Waals surface area contributed by atoms with E-state index in [-0.39, 0.29) is 11.6 Å². The van der Waals surface area contributed by atoms with Crippen LogP contribution in [0.5, 0.6) is 5.75 Å². The van der Waals surface area contributed by atoms with Gasteiger partial charge in [0.1, 0.15) is 12.4 Å². The molecule has 0 spiro atoms. The second kappa shape index (κ2) is 10.7. The number of nitrogens with one attached hydrogen (secondary N) is 1. The second-order valence-electron chi connectivity index (χ2n) is 8.70. The summed E-state index contributed by atoms with van der Waals surface area (Å²) in [5.74, 6) is 0.751. The highest BCUT2D eigenvalue weighted by Gasteiger charge is 2.17. The van der Waals surface area contributed by atoms with Gasteiger partial charge in [-0.3, -0.25) is 13.9 Å². The molecule has 0 aliphatic carbocycles. The minimum absolute atomic E-state index is 0.167. The van der Waals surface area contributed by atoms with E-state index in [1.807, 2.05) is 61.5 Å². The van der Waals surface area contributed by atoms with Crippen molar-refractivity contribution in [1.29, 1.82) is 0 Å². The van der Waals surface area contributed by atoms with Crippen LogP contribution in [0, 0.1) is 0 Å². The first-order valence-electron chi connectivity index (χ1n) is 11.7. The molecule has 0 fully saturated rings. The number of fused-ring (bicyclic) bond motifs is 1. The van der Waals surface area contributed by atoms with E-state index in [4.69, 9.17) is 4.74 Å². The summed E-state index contributed by atoms with van der Waals surface area (Å²) in [4.78, 5) is 28.9. The molecule has 0 bridgehead atoms. The third-order valence-corrected chi connectivity index (χ3v) is 6.20. The second-order valence-corrected chi connectivity index (χ2v) is 8.70. The Bertz CT molecular complexity index is 1390. The summed E-state index contributed by atoms with van der Waals surface area (Å²) in [7, 11) is 3.07. The molecule has 2 aromatic heterocycles. The number of nitrogens with zero attached hydrogens (tertiary/aromatic N) is 4. The van der Waals surface area contributed by atoms with Crippen LogP contribution in [-0.2, 0) is 27.2 Å². The van der Waals surface area contributed by atoms with Gasteiger partial charge in [-0.2, -0.15) is 0 Å². The van der Waals surface area contributed by atoms with Gasteiger partial charge in [0.15, 0.2) is 11.2 Å². The molecule has 9 nitrogen and oxygen atoms in total. The molecule has 184 valence electrons. The molecule has 0 radical (unpaired) electrons. The van der Waals surface area contributed by atoms with Gasteiger partial charge in [0, 0.05) is 26.7 Å². The van der Waals surface area contributed by atoms with Crippen LogP contribution < -0.4 is 21.3 Å². The number of imidazole rings is 1. The number of aromatic nitrogens is 4. The van der Waals surface area contributed by atoms with Crippen LogP contribution in [0.2, 0.25) is 0 Å². The first-order valence-corrected chi connectivity index (χ1v) is 11.7. The first kappa shape index (κ1) is 24.4. The average Bonchev–Trinajstić information content (AvgIpc) is 3.32. The van der Waals surface area contributed by atoms with E-state index in [1.165, 1.54) is 11.6 Å². The monoisotopic (exact) mass is 477 g/mol. The van der Waals surface area contributed by atoms with Crippen LogP contribution in [0.3, 0.4) is 0 Å². The van der Waals surface area contributed by atoms with Gasteiger partial charge in [0.05, 0.1) is 12.4 Å². The summed E-state index contributed by atoms with van der Waals surface area (Å²) in [6.45, 7) is 3.63. The van der Waals surface area contributed by atoms with Crippen LogP contribution >= 0.6 is 0 Å². The van der Waals surface area contributed by atoms with Gasteiger partial charge < -0.3 is 19.7 Å². The SMILES string of the molecule is CC(NCCCn1cnc2c1c(=O)n(C)c(=O)n2C)C(O)c1ccc(OCc2ccccc2)cc1. The predicted molar refractivity (Wildman–Crippen MR) is 134 cm³/mol. The first-order chi connectivity index (χ1) is 16.9. The number of aliphatic hydroxyl groups is 1. The summed E-state index contributed by atoms with van der Waals surface area (Å²) in [5.41, 5.74) is 1.95. The molecule has 0 aliphatic rings. The Kier molecular flexibility index (Phi) is 7.48. The smallest absolute Gasteiger partial charge is 0.332 e. The van der Waals surface area contributed by atoms with Gasteiger partial charge in [0.2, 0.25) is 0 Å². The predicted octanol–water partition coefficient (Wildman–Crippen LogP) is 2.11. The van der Waals surface area contributed by atoms with E-state index in [9.17, 15) is 14.7 Å². The molecular formula is C26H31N5O4. The average molecular weight is 478 g/mol. The quantitative estimate of drug-likeness (QED) is 0.339. The Balaban J connectivity index is 1.28. The Morgan fingerprint density at radius 3 is 2.46 bits per heavy atom. The van der Waals surface area contributed by atoms with Crippen molar-refractivity contribution in [3.05, 3.63) is 92.9 Å². The van der Waals surface area contributed by atoms with Crippen LogP contribution in [0.15, 0.2) is 70.5 Å². The molecule has 2 aromatic carbocycles.